The van der Waals surface area contributed by atoms with Crippen LogP contribution in [0.3, 0.4) is 0 Å². The number of H-pyrrole nitrogens is 1. The van der Waals surface area contributed by atoms with Crippen molar-refractivity contribution >= 4 is 5.78 Å². The summed E-state index contributed by atoms with van der Waals surface area (Å²) in [5.74, 6) is -0.770. The maximum Gasteiger partial charge on any atom is 0.417 e. The van der Waals surface area contributed by atoms with Gasteiger partial charge in [-0.05, 0) is 6.07 Å². The van der Waals surface area contributed by atoms with E-state index < -0.39 is 34.3 Å². The standard InChI is InChI=1S/C12H7F3N4O2.C2H6/c13-12(14,15)7-4-2-1-3-6(7)8-9(20)18-11-16-5-17-19(11)10(8)21;1-2/h1-5,21H,(H,16,17,18,20);1-2H3. The molecule has 23 heavy (non-hydrogen) atoms. The summed E-state index contributed by atoms with van der Waals surface area (Å²) in [6.07, 6.45) is -3.60. The maximum atomic E-state index is 13.0. The Hall–Kier alpha value is -2.84. The molecule has 0 spiro atoms. The third-order valence-corrected chi connectivity index (χ3v) is 2.93. The van der Waals surface area contributed by atoms with Gasteiger partial charge in [-0.3, -0.25) is 9.78 Å². The summed E-state index contributed by atoms with van der Waals surface area (Å²) in [5, 5.41) is 13.7. The third kappa shape index (κ3) is 2.89. The van der Waals surface area contributed by atoms with Crippen LogP contribution in [0.4, 0.5) is 13.2 Å². The minimum atomic E-state index is -4.66. The van der Waals surface area contributed by atoms with Crippen molar-refractivity contribution in [2.75, 3.05) is 0 Å². The molecular weight excluding hydrogens is 313 g/mol. The Labute approximate surface area is 128 Å². The van der Waals surface area contributed by atoms with Crippen molar-refractivity contribution in [3.63, 3.8) is 0 Å². The Morgan fingerprint density at radius 1 is 1.22 bits per heavy atom. The SMILES string of the molecule is CC.O=c1[nH]c2ncnn2c(O)c1-c1ccccc1C(F)(F)F. The Balaban J connectivity index is 0.000000924. The number of rotatable bonds is 1. The van der Waals surface area contributed by atoms with Crippen molar-refractivity contribution in [2.24, 2.45) is 0 Å². The van der Waals surface area contributed by atoms with Gasteiger partial charge >= 0.3 is 6.18 Å². The first-order valence-electron chi connectivity index (χ1n) is 6.71. The topological polar surface area (TPSA) is 83.3 Å². The van der Waals surface area contributed by atoms with E-state index in [9.17, 15) is 23.1 Å². The molecule has 0 fully saturated rings. The summed E-state index contributed by atoms with van der Waals surface area (Å²) in [5.41, 5.74) is -2.85. The summed E-state index contributed by atoms with van der Waals surface area (Å²) < 4.78 is 39.9. The number of halogens is 3. The number of alkyl halides is 3. The third-order valence-electron chi connectivity index (χ3n) is 2.93. The van der Waals surface area contributed by atoms with E-state index in [0.717, 1.165) is 23.0 Å². The van der Waals surface area contributed by atoms with E-state index >= 15 is 0 Å². The molecule has 2 N–H and O–H groups in total. The minimum absolute atomic E-state index is 0.0641. The molecule has 0 atom stereocenters. The molecule has 0 saturated carbocycles. The van der Waals surface area contributed by atoms with Crippen molar-refractivity contribution in [2.45, 2.75) is 20.0 Å². The van der Waals surface area contributed by atoms with Gasteiger partial charge in [-0.1, -0.05) is 32.0 Å². The molecule has 3 aromatic rings. The first-order valence-corrected chi connectivity index (χ1v) is 6.71. The summed E-state index contributed by atoms with van der Waals surface area (Å²) in [6.45, 7) is 4.00. The van der Waals surface area contributed by atoms with Crippen LogP contribution in [0.25, 0.3) is 16.9 Å². The number of aromatic amines is 1. The summed E-state index contributed by atoms with van der Waals surface area (Å²) in [7, 11) is 0. The normalized spacial score (nSPS) is 11.2. The Morgan fingerprint density at radius 2 is 1.87 bits per heavy atom. The molecule has 9 heteroatoms. The van der Waals surface area contributed by atoms with Gasteiger partial charge < -0.3 is 5.11 Å². The summed E-state index contributed by atoms with van der Waals surface area (Å²) >= 11 is 0. The van der Waals surface area contributed by atoms with Crippen molar-refractivity contribution in [1.82, 2.24) is 19.6 Å². The molecule has 3 rings (SSSR count). The molecule has 6 nitrogen and oxygen atoms in total. The second kappa shape index (κ2) is 6.11. The fraction of sp³-hybridized carbons (Fsp3) is 0.214. The average molecular weight is 326 g/mol. The minimum Gasteiger partial charge on any atom is -0.493 e. The molecule has 0 saturated heterocycles. The number of nitrogens with zero attached hydrogens (tertiary/aromatic N) is 3. The zero-order chi connectivity index (χ0) is 17.2. The fourth-order valence-corrected chi connectivity index (χ4v) is 2.04. The Kier molecular flexibility index (Phi) is 4.39. The molecular formula is C14H13F3N4O2. The molecule has 0 unspecified atom stereocenters. The van der Waals surface area contributed by atoms with Crippen LogP contribution in [0, 0.1) is 0 Å². The maximum absolute atomic E-state index is 13.0. The van der Waals surface area contributed by atoms with E-state index in [1.54, 1.807) is 0 Å². The van der Waals surface area contributed by atoms with Crippen molar-refractivity contribution < 1.29 is 18.3 Å². The van der Waals surface area contributed by atoms with Crippen LogP contribution in [-0.2, 0) is 6.18 Å². The van der Waals surface area contributed by atoms with Gasteiger partial charge in [0.2, 0.25) is 11.7 Å². The Morgan fingerprint density at radius 3 is 2.52 bits per heavy atom. The largest absolute Gasteiger partial charge is 0.493 e. The molecule has 1 aromatic carbocycles. The van der Waals surface area contributed by atoms with E-state index in [0.29, 0.717) is 0 Å². The van der Waals surface area contributed by atoms with E-state index in [1.807, 2.05) is 13.8 Å². The molecule has 0 aliphatic rings. The predicted octanol–water partition coefficient (Wildman–Crippen LogP) is 2.84. The van der Waals surface area contributed by atoms with Gasteiger partial charge in [-0.2, -0.15) is 27.8 Å². The van der Waals surface area contributed by atoms with Gasteiger partial charge in [-0.15, -0.1) is 0 Å². The van der Waals surface area contributed by atoms with Crippen molar-refractivity contribution in [1.29, 1.82) is 0 Å². The lowest BCUT2D eigenvalue weighted by molar-refractivity contribution is -0.137. The van der Waals surface area contributed by atoms with Crippen LogP contribution in [0.5, 0.6) is 5.88 Å². The lowest BCUT2D eigenvalue weighted by Crippen LogP contribution is -2.16. The highest BCUT2D eigenvalue weighted by atomic mass is 19.4. The van der Waals surface area contributed by atoms with Gasteiger partial charge in [0.1, 0.15) is 11.9 Å². The first-order chi connectivity index (χ1) is 10.9. The number of aromatic hydroxyl groups is 1. The molecule has 0 aliphatic carbocycles. The van der Waals surface area contributed by atoms with Gasteiger partial charge in [0.25, 0.3) is 5.56 Å². The van der Waals surface area contributed by atoms with E-state index in [4.69, 9.17) is 0 Å². The number of aromatic nitrogens is 4. The highest BCUT2D eigenvalue weighted by molar-refractivity contribution is 5.72. The second-order valence-electron chi connectivity index (χ2n) is 4.19. The van der Waals surface area contributed by atoms with E-state index in [2.05, 4.69) is 15.1 Å². The molecule has 0 amide bonds. The highest BCUT2D eigenvalue weighted by Gasteiger charge is 2.35. The predicted molar refractivity (Wildman–Crippen MR) is 77.1 cm³/mol. The average Bonchev–Trinajstić information content (AvgIpc) is 2.97. The lowest BCUT2D eigenvalue weighted by Gasteiger charge is -2.13. The van der Waals surface area contributed by atoms with Crippen LogP contribution in [0.1, 0.15) is 19.4 Å². The Bertz CT molecular complexity index is 884. The lowest BCUT2D eigenvalue weighted by atomic mass is 10.0. The number of nitrogens with one attached hydrogen (secondary N) is 1. The number of hydrogen-bond donors (Lipinski definition) is 2. The zero-order valence-corrected chi connectivity index (χ0v) is 12.2. The smallest absolute Gasteiger partial charge is 0.417 e. The van der Waals surface area contributed by atoms with Gasteiger partial charge in [0.15, 0.2) is 0 Å². The molecule has 122 valence electrons. The van der Waals surface area contributed by atoms with E-state index in [1.165, 1.54) is 12.1 Å². The van der Waals surface area contributed by atoms with Gasteiger partial charge in [-0.25, -0.2) is 0 Å². The molecule has 2 aromatic heterocycles. The van der Waals surface area contributed by atoms with Crippen LogP contribution in [0.2, 0.25) is 0 Å². The number of benzene rings is 1. The summed E-state index contributed by atoms with van der Waals surface area (Å²) in [4.78, 5) is 17.9. The summed E-state index contributed by atoms with van der Waals surface area (Å²) in [6, 6.07) is 4.48. The molecule has 0 radical (unpaired) electrons. The van der Waals surface area contributed by atoms with Gasteiger partial charge in [0.05, 0.1) is 5.56 Å². The van der Waals surface area contributed by atoms with Crippen LogP contribution < -0.4 is 5.56 Å². The quantitative estimate of drug-likeness (QED) is 0.720. The fourth-order valence-electron chi connectivity index (χ4n) is 2.04. The van der Waals surface area contributed by atoms with Gasteiger partial charge in [0, 0.05) is 5.56 Å². The number of fused-ring (bicyclic) bond motifs is 1. The molecule has 2 heterocycles. The number of hydrogen-bond acceptors (Lipinski definition) is 4. The van der Waals surface area contributed by atoms with E-state index in [-0.39, 0.29) is 5.78 Å². The zero-order valence-electron chi connectivity index (χ0n) is 12.2. The van der Waals surface area contributed by atoms with Crippen molar-refractivity contribution in [3.05, 3.63) is 46.5 Å². The molecule has 0 bridgehead atoms. The van der Waals surface area contributed by atoms with Crippen LogP contribution >= 0.6 is 0 Å². The molecule has 0 aliphatic heterocycles. The van der Waals surface area contributed by atoms with Crippen LogP contribution in [0.15, 0.2) is 35.4 Å². The monoisotopic (exact) mass is 326 g/mol. The first kappa shape index (κ1) is 16.5. The highest BCUT2D eigenvalue weighted by Crippen LogP contribution is 2.38. The second-order valence-corrected chi connectivity index (χ2v) is 4.19. The van der Waals surface area contributed by atoms with Crippen molar-refractivity contribution in [3.8, 4) is 17.0 Å². The van der Waals surface area contributed by atoms with Crippen LogP contribution in [-0.4, -0.2) is 24.7 Å².